The summed E-state index contributed by atoms with van der Waals surface area (Å²) in [7, 11) is 0. The number of aliphatic hydroxyl groups excluding tert-OH is 1. The Morgan fingerprint density at radius 2 is 1.90 bits per heavy atom. The van der Waals surface area contributed by atoms with Crippen molar-refractivity contribution in [3.63, 3.8) is 0 Å². The molecular formula is C14H17F4NO2. The normalized spacial score (nSPS) is 26.2. The van der Waals surface area contributed by atoms with Crippen molar-refractivity contribution in [2.45, 2.75) is 31.0 Å². The minimum absolute atomic E-state index is 0.0197. The van der Waals surface area contributed by atoms with Gasteiger partial charge in [0.05, 0.1) is 18.3 Å². The van der Waals surface area contributed by atoms with E-state index in [1.165, 1.54) is 12.1 Å². The first-order valence-electron chi connectivity index (χ1n) is 6.70. The molecule has 7 heteroatoms. The Morgan fingerprint density at radius 3 is 2.48 bits per heavy atom. The number of rotatable bonds is 5. The van der Waals surface area contributed by atoms with Gasteiger partial charge in [-0.25, -0.2) is 4.39 Å². The lowest BCUT2D eigenvalue weighted by Gasteiger charge is -2.16. The standard InChI is InChI=1S/C14H17F4NO2/c15-12-7-11(8-19-5-6-20)21-13(12)9-1-3-10(4-2-9)14(16,17)18/h1-4,11-13,19-20H,5-8H2. The predicted molar refractivity (Wildman–Crippen MR) is 68.5 cm³/mol. The van der Waals surface area contributed by atoms with Crippen LogP contribution in [0.3, 0.4) is 0 Å². The topological polar surface area (TPSA) is 41.5 Å². The van der Waals surface area contributed by atoms with Crippen LogP contribution in [0.2, 0.25) is 0 Å². The Hall–Kier alpha value is -1.18. The minimum atomic E-state index is -4.40. The number of alkyl halides is 4. The average molecular weight is 307 g/mol. The van der Waals surface area contributed by atoms with Crippen LogP contribution in [0.4, 0.5) is 17.6 Å². The summed E-state index contributed by atoms with van der Waals surface area (Å²) in [5.41, 5.74) is -0.360. The van der Waals surface area contributed by atoms with E-state index in [2.05, 4.69) is 5.32 Å². The molecule has 3 unspecified atom stereocenters. The Balaban J connectivity index is 1.98. The largest absolute Gasteiger partial charge is 0.416 e. The Kier molecular flexibility index (Phi) is 5.18. The fourth-order valence-corrected chi connectivity index (χ4v) is 2.35. The number of hydrogen-bond acceptors (Lipinski definition) is 3. The van der Waals surface area contributed by atoms with E-state index in [9.17, 15) is 17.6 Å². The molecule has 118 valence electrons. The van der Waals surface area contributed by atoms with Gasteiger partial charge in [0.15, 0.2) is 0 Å². The second-order valence-electron chi connectivity index (χ2n) is 4.98. The van der Waals surface area contributed by atoms with Gasteiger partial charge in [0.1, 0.15) is 12.3 Å². The summed E-state index contributed by atoms with van der Waals surface area (Å²) in [6, 6.07) is 4.37. The van der Waals surface area contributed by atoms with Gasteiger partial charge in [-0.1, -0.05) is 12.1 Å². The van der Waals surface area contributed by atoms with Gasteiger partial charge < -0.3 is 15.2 Å². The molecule has 0 bridgehead atoms. The number of ether oxygens (including phenoxy) is 1. The van der Waals surface area contributed by atoms with E-state index in [1.54, 1.807) is 0 Å². The highest BCUT2D eigenvalue weighted by Crippen LogP contribution is 2.36. The SMILES string of the molecule is OCCNCC1CC(F)C(c2ccc(C(F)(F)F)cc2)O1. The molecule has 3 atom stereocenters. The van der Waals surface area contributed by atoms with Crippen LogP contribution < -0.4 is 5.32 Å². The smallest absolute Gasteiger partial charge is 0.395 e. The molecule has 21 heavy (non-hydrogen) atoms. The van der Waals surface area contributed by atoms with Crippen molar-refractivity contribution in [3.8, 4) is 0 Å². The molecule has 1 aliphatic heterocycles. The fourth-order valence-electron chi connectivity index (χ4n) is 2.35. The number of halogens is 4. The number of hydrogen-bond donors (Lipinski definition) is 2. The van der Waals surface area contributed by atoms with Crippen molar-refractivity contribution in [1.29, 1.82) is 0 Å². The van der Waals surface area contributed by atoms with Crippen molar-refractivity contribution in [2.24, 2.45) is 0 Å². The lowest BCUT2D eigenvalue weighted by atomic mass is 10.0. The third-order valence-electron chi connectivity index (χ3n) is 3.38. The Labute approximate surface area is 119 Å². The maximum absolute atomic E-state index is 13.9. The highest BCUT2D eigenvalue weighted by atomic mass is 19.4. The molecule has 1 saturated heterocycles. The zero-order valence-corrected chi connectivity index (χ0v) is 11.2. The summed E-state index contributed by atoms with van der Waals surface area (Å²) in [6.45, 7) is 0.772. The van der Waals surface area contributed by atoms with Gasteiger partial charge in [0, 0.05) is 19.5 Å². The first kappa shape index (κ1) is 16.2. The van der Waals surface area contributed by atoms with Gasteiger partial charge >= 0.3 is 6.18 Å². The monoisotopic (exact) mass is 307 g/mol. The van der Waals surface area contributed by atoms with Crippen molar-refractivity contribution in [3.05, 3.63) is 35.4 Å². The van der Waals surface area contributed by atoms with Crippen molar-refractivity contribution in [2.75, 3.05) is 19.7 Å². The zero-order chi connectivity index (χ0) is 15.5. The lowest BCUT2D eigenvalue weighted by Crippen LogP contribution is -2.28. The van der Waals surface area contributed by atoms with Crippen LogP contribution >= 0.6 is 0 Å². The molecule has 0 aromatic heterocycles. The molecule has 0 saturated carbocycles. The predicted octanol–water partition coefficient (Wildman–Crippen LogP) is 2.46. The Morgan fingerprint density at radius 1 is 1.24 bits per heavy atom. The van der Waals surface area contributed by atoms with Gasteiger partial charge in [-0.2, -0.15) is 13.2 Å². The summed E-state index contributed by atoms with van der Waals surface area (Å²) >= 11 is 0. The second-order valence-corrected chi connectivity index (χ2v) is 4.98. The highest BCUT2D eigenvalue weighted by Gasteiger charge is 2.37. The van der Waals surface area contributed by atoms with Crippen LogP contribution in [0.25, 0.3) is 0 Å². The van der Waals surface area contributed by atoms with Gasteiger partial charge in [0.2, 0.25) is 0 Å². The third-order valence-corrected chi connectivity index (χ3v) is 3.38. The molecule has 0 spiro atoms. The summed E-state index contributed by atoms with van der Waals surface area (Å²) in [5.74, 6) is 0. The van der Waals surface area contributed by atoms with Gasteiger partial charge in [-0.15, -0.1) is 0 Å². The third kappa shape index (κ3) is 4.15. The molecule has 1 aliphatic rings. The fraction of sp³-hybridized carbons (Fsp3) is 0.571. The van der Waals surface area contributed by atoms with E-state index in [1.807, 2.05) is 0 Å². The molecule has 1 fully saturated rings. The van der Waals surface area contributed by atoms with Crippen LogP contribution in [-0.2, 0) is 10.9 Å². The molecular weight excluding hydrogens is 290 g/mol. The zero-order valence-electron chi connectivity index (χ0n) is 11.2. The molecule has 3 nitrogen and oxygen atoms in total. The van der Waals surface area contributed by atoms with E-state index in [0.717, 1.165) is 12.1 Å². The minimum Gasteiger partial charge on any atom is -0.395 e. The van der Waals surface area contributed by atoms with Gasteiger partial charge in [-0.05, 0) is 17.7 Å². The molecule has 0 aliphatic carbocycles. The van der Waals surface area contributed by atoms with Crippen LogP contribution in [0, 0.1) is 0 Å². The molecule has 0 amide bonds. The van der Waals surface area contributed by atoms with Crippen molar-refractivity contribution >= 4 is 0 Å². The van der Waals surface area contributed by atoms with E-state index in [0.29, 0.717) is 18.7 Å². The lowest BCUT2D eigenvalue weighted by molar-refractivity contribution is -0.137. The molecule has 2 N–H and O–H groups in total. The Bertz CT molecular complexity index is 449. The molecule has 1 heterocycles. The summed E-state index contributed by atoms with van der Waals surface area (Å²) < 4.78 is 56.9. The summed E-state index contributed by atoms with van der Waals surface area (Å²) in [4.78, 5) is 0. The maximum atomic E-state index is 13.9. The molecule has 0 radical (unpaired) electrons. The van der Waals surface area contributed by atoms with E-state index >= 15 is 0 Å². The summed E-state index contributed by atoms with van der Waals surface area (Å²) in [5, 5.41) is 11.6. The molecule has 1 aromatic carbocycles. The van der Waals surface area contributed by atoms with Crippen LogP contribution in [0.1, 0.15) is 23.7 Å². The van der Waals surface area contributed by atoms with Crippen LogP contribution in [-0.4, -0.2) is 37.1 Å². The number of nitrogens with one attached hydrogen (secondary N) is 1. The first-order chi connectivity index (χ1) is 9.91. The van der Waals surface area contributed by atoms with E-state index in [-0.39, 0.29) is 19.1 Å². The first-order valence-corrected chi connectivity index (χ1v) is 6.70. The second kappa shape index (κ2) is 6.72. The molecule has 2 rings (SSSR count). The van der Waals surface area contributed by atoms with Crippen LogP contribution in [0.15, 0.2) is 24.3 Å². The van der Waals surface area contributed by atoms with Crippen molar-refractivity contribution in [1.82, 2.24) is 5.32 Å². The summed E-state index contributed by atoms with van der Waals surface area (Å²) in [6.07, 6.45) is -6.65. The highest BCUT2D eigenvalue weighted by molar-refractivity contribution is 5.27. The quantitative estimate of drug-likeness (QED) is 0.648. The average Bonchev–Trinajstić information content (AvgIpc) is 2.79. The van der Waals surface area contributed by atoms with E-state index in [4.69, 9.17) is 9.84 Å². The van der Waals surface area contributed by atoms with Gasteiger partial charge in [-0.3, -0.25) is 0 Å². The van der Waals surface area contributed by atoms with Crippen LogP contribution in [0.5, 0.6) is 0 Å². The van der Waals surface area contributed by atoms with Gasteiger partial charge in [0.25, 0.3) is 0 Å². The maximum Gasteiger partial charge on any atom is 0.416 e. The van der Waals surface area contributed by atoms with Crippen molar-refractivity contribution < 1.29 is 27.4 Å². The number of aliphatic hydroxyl groups is 1. The number of benzene rings is 1. The molecule has 1 aromatic rings. The van der Waals surface area contributed by atoms with E-state index < -0.39 is 24.0 Å².